The van der Waals surface area contributed by atoms with Gasteiger partial charge in [-0.05, 0) is 55.9 Å². The monoisotopic (exact) mass is 486 g/mol. The van der Waals surface area contributed by atoms with Crippen molar-refractivity contribution in [2.24, 2.45) is 5.92 Å². The highest BCUT2D eigenvalue weighted by molar-refractivity contribution is 5.82. The number of hydrogen-bond acceptors (Lipinski definition) is 4. The van der Waals surface area contributed by atoms with E-state index in [9.17, 15) is 0 Å². The van der Waals surface area contributed by atoms with Crippen LogP contribution in [0.5, 0.6) is 0 Å². The van der Waals surface area contributed by atoms with Crippen molar-refractivity contribution in [3.05, 3.63) is 94.5 Å². The highest BCUT2D eigenvalue weighted by Gasteiger charge is 2.46. The molecule has 2 aromatic rings. The first kappa shape index (κ1) is 25.7. The third-order valence-corrected chi connectivity index (χ3v) is 7.06. The molecule has 2 aromatic carbocycles. The summed E-state index contributed by atoms with van der Waals surface area (Å²) >= 11 is 0. The van der Waals surface area contributed by atoms with Crippen molar-refractivity contribution in [1.82, 2.24) is 0 Å². The van der Waals surface area contributed by atoms with E-state index in [2.05, 4.69) is 56.5 Å². The maximum absolute atomic E-state index is 6.36. The van der Waals surface area contributed by atoms with Gasteiger partial charge in [0, 0.05) is 23.0 Å². The van der Waals surface area contributed by atoms with Gasteiger partial charge in [-0.3, -0.25) is 0 Å². The minimum absolute atomic E-state index is 0.0110. The molecule has 0 aliphatic heterocycles. The van der Waals surface area contributed by atoms with Gasteiger partial charge in [0.2, 0.25) is 0 Å². The Morgan fingerprint density at radius 3 is 1.39 bits per heavy atom. The molecule has 0 saturated heterocycles. The van der Waals surface area contributed by atoms with Crippen molar-refractivity contribution >= 4 is 23.7 Å². The zero-order valence-electron chi connectivity index (χ0n) is 22.2. The Bertz CT molecular complexity index is 1110. The molecule has 0 N–H and O–H groups in total. The molecular weight excluding hydrogens is 448 g/mol. The van der Waals surface area contributed by atoms with E-state index < -0.39 is 0 Å². The maximum atomic E-state index is 6.36. The van der Waals surface area contributed by atoms with E-state index in [0.29, 0.717) is 26.4 Å². The van der Waals surface area contributed by atoms with E-state index in [-0.39, 0.29) is 17.8 Å². The van der Waals surface area contributed by atoms with Crippen LogP contribution in [0.4, 0.5) is 0 Å². The Morgan fingerprint density at radius 1 is 0.667 bits per heavy atom. The summed E-state index contributed by atoms with van der Waals surface area (Å²) in [6.45, 7) is 20.7. The van der Waals surface area contributed by atoms with Gasteiger partial charge in [0.15, 0.2) is 11.5 Å². The van der Waals surface area contributed by atoms with Gasteiger partial charge >= 0.3 is 0 Å². The van der Waals surface area contributed by atoms with Gasteiger partial charge in [-0.15, -0.1) is 0 Å². The Hall–Kier alpha value is -3.40. The van der Waals surface area contributed by atoms with Crippen LogP contribution in [0.15, 0.2) is 61.1 Å². The van der Waals surface area contributed by atoms with Gasteiger partial charge in [0.1, 0.15) is 11.5 Å². The van der Waals surface area contributed by atoms with E-state index in [0.717, 1.165) is 45.3 Å². The summed E-state index contributed by atoms with van der Waals surface area (Å²) in [4.78, 5) is 0. The average molecular weight is 487 g/mol. The maximum Gasteiger partial charge on any atom is 0.165 e. The molecule has 0 bridgehead atoms. The lowest BCUT2D eigenvalue weighted by Gasteiger charge is -2.30. The fourth-order valence-corrected chi connectivity index (χ4v) is 5.81. The second kappa shape index (κ2) is 11.1. The van der Waals surface area contributed by atoms with Crippen LogP contribution in [0.25, 0.3) is 23.7 Å². The molecular formula is C32H38O4. The van der Waals surface area contributed by atoms with Gasteiger partial charge < -0.3 is 18.9 Å². The first-order valence-electron chi connectivity index (χ1n) is 13.1. The molecule has 2 unspecified atom stereocenters. The lowest BCUT2D eigenvalue weighted by molar-refractivity contribution is 0.156. The molecule has 4 rings (SSSR count). The summed E-state index contributed by atoms with van der Waals surface area (Å²) in [5, 5.41) is 0. The first-order valence-corrected chi connectivity index (χ1v) is 13.1. The predicted molar refractivity (Wildman–Crippen MR) is 148 cm³/mol. The molecule has 0 amide bonds. The van der Waals surface area contributed by atoms with Crippen LogP contribution in [0.1, 0.15) is 79.8 Å². The molecule has 190 valence electrons. The van der Waals surface area contributed by atoms with Gasteiger partial charge in [-0.25, -0.2) is 0 Å². The third kappa shape index (κ3) is 4.13. The van der Waals surface area contributed by atoms with Crippen molar-refractivity contribution in [2.45, 2.75) is 46.5 Å². The molecule has 4 heteroatoms. The number of hydrogen-bond donors (Lipinski definition) is 0. The van der Waals surface area contributed by atoms with E-state index in [1.807, 2.05) is 39.8 Å². The molecule has 2 aliphatic carbocycles. The number of fused-ring (bicyclic) bond motifs is 2. The summed E-state index contributed by atoms with van der Waals surface area (Å²) in [5.41, 5.74) is 6.68. The van der Waals surface area contributed by atoms with E-state index in [1.165, 1.54) is 11.1 Å². The fourth-order valence-electron chi connectivity index (χ4n) is 5.81. The van der Waals surface area contributed by atoms with Crippen LogP contribution in [-0.4, -0.2) is 26.4 Å². The predicted octanol–water partition coefficient (Wildman–Crippen LogP) is 7.99. The number of allylic oxidation sites excluding steroid dienone is 2. The van der Waals surface area contributed by atoms with Crippen LogP contribution in [0.2, 0.25) is 0 Å². The van der Waals surface area contributed by atoms with Crippen LogP contribution < -0.4 is 0 Å². The van der Waals surface area contributed by atoms with Crippen LogP contribution in [0.3, 0.4) is 0 Å². The zero-order valence-corrected chi connectivity index (χ0v) is 22.2. The van der Waals surface area contributed by atoms with Gasteiger partial charge in [0.05, 0.1) is 26.4 Å². The summed E-state index contributed by atoms with van der Waals surface area (Å²) in [6.07, 6.45) is 3.79. The molecule has 0 radical (unpaired) electrons. The average Bonchev–Trinajstić information content (AvgIpc) is 3.37. The number of ether oxygens (including phenoxy) is 4. The van der Waals surface area contributed by atoms with Crippen molar-refractivity contribution in [3.8, 4) is 0 Å². The van der Waals surface area contributed by atoms with Crippen LogP contribution >= 0.6 is 0 Å². The minimum Gasteiger partial charge on any atom is -0.494 e. The van der Waals surface area contributed by atoms with Crippen molar-refractivity contribution in [1.29, 1.82) is 0 Å². The fraction of sp³-hybridized carbons (Fsp3) is 0.375. The van der Waals surface area contributed by atoms with E-state index in [1.54, 1.807) is 0 Å². The summed E-state index contributed by atoms with van der Waals surface area (Å²) in [6, 6.07) is 12.7. The smallest absolute Gasteiger partial charge is 0.165 e. The largest absolute Gasteiger partial charge is 0.494 e. The lowest BCUT2D eigenvalue weighted by atomic mass is 9.76. The minimum atomic E-state index is -0.0110. The van der Waals surface area contributed by atoms with Crippen molar-refractivity contribution < 1.29 is 18.9 Å². The number of benzene rings is 2. The Kier molecular flexibility index (Phi) is 7.93. The van der Waals surface area contributed by atoms with Crippen molar-refractivity contribution in [3.63, 3.8) is 0 Å². The highest BCUT2D eigenvalue weighted by atomic mass is 16.5. The van der Waals surface area contributed by atoms with Gasteiger partial charge in [0.25, 0.3) is 0 Å². The Morgan fingerprint density at radius 2 is 1.06 bits per heavy atom. The normalized spacial score (nSPS) is 19.0. The molecule has 0 saturated carbocycles. The van der Waals surface area contributed by atoms with Crippen LogP contribution in [0, 0.1) is 5.92 Å². The summed E-state index contributed by atoms with van der Waals surface area (Å²) in [7, 11) is 0. The molecule has 4 nitrogen and oxygen atoms in total. The molecule has 36 heavy (non-hydrogen) atoms. The highest BCUT2D eigenvalue weighted by Crippen LogP contribution is 2.56. The third-order valence-electron chi connectivity index (χ3n) is 7.06. The summed E-state index contributed by atoms with van der Waals surface area (Å²) < 4.78 is 25.2. The Balaban J connectivity index is 1.95. The molecule has 2 atom stereocenters. The lowest BCUT2D eigenvalue weighted by Crippen LogP contribution is -2.21. The second-order valence-electron chi connectivity index (χ2n) is 8.96. The first-order chi connectivity index (χ1) is 17.6. The molecule has 0 heterocycles. The van der Waals surface area contributed by atoms with E-state index in [4.69, 9.17) is 18.9 Å². The molecule has 0 aromatic heterocycles. The van der Waals surface area contributed by atoms with Gasteiger partial charge in [-0.1, -0.05) is 68.6 Å². The number of rotatable bonds is 12. The topological polar surface area (TPSA) is 36.9 Å². The SMILES string of the molecule is C=Cc1cccc2c1C(OCC)=C(OCC)C2C(C)C1C(OCC)=C(OCC)c2c(C=C)cccc21. The molecule has 0 fully saturated rings. The van der Waals surface area contributed by atoms with Gasteiger partial charge in [-0.2, -0.15) is 0 Å². The standard InChI is InChI=1S/C32H38O4/c1-8-21-16-14-18-23-25(29(33-10-3)31(27(21)23)35-12-5)20(7)26-24-19-15-17-22(9-2)28(24)32(36-13-6)30(26)34-11-4/h8-9,14-20,25-26H,1-2,10-13H2,3-7H3. The second-order valence-corrected chi connectivity index (χ2v) is 8.96. The van der Waals surface area contributed by atoms with Crippen molar-refractivity contribution in [2.75, 3.05) is 26.4 Å². The quantitative estimate of drug-likeness (QED) is 0.305. The molecule has 2 aliphatic rings. The van der Waals surface area contributed by atoms with E-state index >= 15 is 0 Å². The Labute approximate surface area is 215 Å². The summed E-state index contributed by atoms with van der Waals surface area (Å²) in [5.74, 6) is 3.50. The zero-order chi connectivity index (χ0) is 25.8. The molecule has 0 spiro atoms. The van der Waals surface area contributed by atoms with Crippen LogP contribution in [-0.2, 0) is 18.9 Å².